The number of benzene rings is 3. The summed E-state index contributed by atoms with van der Waals surface area (Å²) >= 11 is 3.48. The maximum atomic E-state index is 13.8. The van der Waals surface area contributed by atoms with Gasteiger partial charge in [0.25, 0.3) is 5.56 Å². The van der Waals surface area contributed by atoms with Crippen molar-refractivity contribution in [2.75, 3.05) is 13.2 Å². The first-order chi connectivity index (χ1) is 19.6. The lowest BCUT2D eigenvalue weighted by molar-refractivity contribution is -0.149. The summed E-state index contributed by atoms with van der Waals surface area (Å²) in [6, 6.07) is 16.5. The number of carbonyl (C=O) groups is 1. The van der Waals surface area contributed by atoms with Crippen molar-refractivity contribution in [1.82, 2.24) is 9.66 Å². The van der Waals surface area contributed by atoms with Crippen LogP contribution in [0.3, 0.4) is 0 Å². The van der Waals surface area contributed by atoms with Gasteiger partial charge in [-0.1, -0.05) is 41.9 Å². The van der Waals surface area contributed by atoms with E-state index >= 15 is 0 Å². The summed E-state index contributed by atoms with van der Waals surface area (Å²) in [6.07, 6.45) is 1.28. The molecule has 0 aliphatic rings. The van der Waals surface area contributed by atoms with Crippen LogP contribution < -0.4 is 15.0 Å². The molecule has 0 amide bonds. The molecule has 0 aliphatic carbocycles. The second-order valence-corrected chi connectivity index (χ2v) is 11.0. The molecule has 3 aromatic carbocycles. The average Bonchev–Trinajstić information content (AvgIpc) is 2.92. The van der Waals surface area contributed by atoms with E-state index in [2.05, 4.69) is 34.9 Å². The van der Waals surface area contributed by atoms with Crippen molar-refractivity contribution in [1.29, 1.82) is 0 Å². The van der Waals surface area contributed by atoms with E-state index in [1.165, 1.54) is 10.9 Å². The molecule has 0 saturated carbocycles. The minimum absolute atomic E-state index is 0.184. The molecule has 4 rings (SSSR count). The van der Waals surface area contributed by atoms with Crippen molar-refractivity contribution in [3.8, 4) is 22.9 Å². The van der Waals surface area contributed by atoms with Crippen molar-refractivity contribution in [2.45, 2.75) is 53.6 Å². The molecular weight excluding hydrogens is 586 g/mol. The minimum atomic E-state index is -0.477. The molecule has 0 aliphatic heterocycles. The molecule has 0 unspecified atom stereocenters. The maximum Gasteiger partial charge on any atom is 0.344 e. The molecule has 0 spiro atoms. The summed E-state index contributed by atoms with van der Waals surface area (Å²) in [5.74, 6) is 1.35. The number of fused-ring (bicyclic) bond motifs is 1. The molecule has 0 radical (unpaired) electrons. The van der Waals surface area contributed by atoms with Gasteiger partial charge in [-0.05, 0) is 87.2 Å². The second-order valence-electron chi connectivity index (χ2n) is 10.1. The second kappa shape index (κ2) is 13.1. The summed E-state index contributed by atoms with van der Waals surface area (Å²) in [7, 11) is 0. The van der Waals surface area contributed by atoms with E-state index in [4.69, 9.17) is 19.2 Å². The van der Waals surface area contributed by atoms with Gasteiger partial charge >= 0.3 is 5.97 Å². The number of hydrogen-bond acceptors (Lipinski definition) is 7. The lowest BCUT2D eigenvalue weighted by Crippen LogP contribution is -2.21. The Morgan fingerprint density at radius 1 is 1.05 bits per heavy atom. The average molecular weight is 621 g/mol. The van der Waals surface area contributed by atoms with E-state index in [1.807, 2.05) is 38.1 Å². The smallest absolute Gasteiger partial charge is 0.344 e. The number of ether oxygens (including phenoxy) is 3. The standard InChI is InChI=1S/C32H34BrN3O5/c1-7-39-29-14-21(6)26(16-25(29)19(2)3)31-35-27-11-9-8-10-24(27)32(38)36(31)34-17-22-15-23(33)12-13-28(22)40-18-30(37)41-20(4)5/h8-17,19-20H,7,18H2,1-6H3. The lowest BCUT2D eigenvalue weighted by Gasteiger charge is -2.18. The van der Waals surface area contributed by atoms with E-state index in [0.29, 0.717) is 34.6 Å². The lowest BCUT2D eigenvalue weighted by atomic mass is 9.96. The zero-order valence-electron chi connectivity index (χ0n) is 24.1. The minimum Gasteiger partial charge on any atom is -0.494 e. The number of esters is 1. The van der Waals surface area contributed by atoms with Gasteiger partial charge in [-0.2, -0.15) is 9.78 Å². The highest BCUT2D eigenvalue weighted by molar-refractivity contribution is 9.10. The summed E-state index contributed by atoms with van der Waals surface area (Å²) < 4.78 is 18.9. The number of aromatic nitrogens is 2. The molecule has 1 heterocycles. The van der Waals surface area contributed by atoms with Gasteiger partial charge in [0.2, 0.25) is 0 Å². The molecule has 0 saturated heterocycles. The Hall–Kier alpha value is -3.98. The Labute approximate surface area is 248 Å². The van der Waals surface area contributed by atoms with Crippen molar-refractivity contribution in [2.24, 2.45) is 5.10 Å². The van der Waals surface area contributed by atoms with E-state index in [9.17, 15) is 9.59 Å². The number of halogens is 1. The van der Waals surface area contributed by atoms with Crippen LogP contribution in [0.2, 0.25) is 0 Å². The highest BCUT2D eigenvalue weighted by Gasteiger charge is 2.19. The van der Waals surface area contributed by atoms with Crippen molar-refractivity contribution in [3.05, 3.63) is 86.1 Å². The number of aryl methyl sites for hydroxylation is 1. The van der Waals surface area contributed by atoms with Gasteiger partial charge in [-0.15, -0.1) is 0 Å². The van der Waals surface area contributed by atoms with Gasteiger partial charge in [0.15, 0.2) is 12.4 Å². The maximum absolute atomic E-state index is 13.8. The van der Waals surface area contributed by atoms with Gasteiger partial charge in [0.1, 0.15) is 11.5 Å². The quantitative estimate of drug-likeness (QED) is 0.142. The van der Waals surface area contributed by atoms with Crippen molar-refractivity contribution in [3.63, 3.8) is 0 Å². The predicted octanol–water partition coefficient (Wildman–Crippen LogP) is 6.87. The van der Waals surface area contributed by atoms with Crippen LogP contribution in [0.15, 0.2) is 69.0 Å². The van der Waals surface area contributed by atoms with Crippen molar-refractivity contribution >= 4 is 39.0 Å². The number of rotatable bonds is 10. The molecule has 1 aromatic heterocycles. The fourth-order valence-electron chi connectivity index (χ4n) is 4.38. The Morgan fingerprint density at radius 2 is 1.80 bits per heavy atom. The van der Waals surface area contributed by atoms with Gasteiger partial charge < -0.3 is 14.2 Å². The van der Waals surface area contributed by atoms with Gasteiger partial charge in [0, 0.05) is 15.6 Å². The fraction of sp³-hybridized carbons (Fsp3) is 0.312. The molecule has 8 nitrogen and oxygen atoms in total. The van der Waals surface area contributed by atoms with Crippen molar-refractivity contribution < 1.29 is 19.0 Å². The highest BCUT2D eigenvalue weighted by Crippen LogP contribution is 2.34. The largest absolute Gasteiger partial charge is 0.494 e. The summed E-state index contributed by atoms with van der Waals surface area (Å²) in [5.41, 5.74) is 3.53. The van der Waals surface area contributed by atoms with Crippen LogP contribution >= 0.6 is 15.9 Å². The zero-order chi connectivity index (χ0) is 29.7. The number of hydrogen-bond donors (Lipinski definition) is 0. The van der Waals surface area contributed by atoms with Gasteiger partial charge in [-0.25, -0.2) is 9.78 Å². The van der Waals surface area contributed by atoms with Crippen LogP contribution in [-0.2, 0) is 9.53 Å². The number of nitrogens with zero attached hydrogens (tertiary/aromatic N) is 3. The van der Waals surface area contributed by atoms with Crippen LogP contribution in [0.25, 0.3) is 22.3 Å². The molecule has 41 heavy (non-hydrogen) atoms. The number of para-hydroxylation sites is 1. The Bertz CT molecular complexity index is 1660. The Kier molecular flexibility index (Phi) is 9.60. The molecule has 0 N–H and O–H groups in total. The monoisotopic (exact) mass is 619 g/mol. The molecule has 214 valence electrons. The van der Waals surface area contributed by atoms with Crippen LogP contribution in [0.5, 0.6) is 11.5 Å². The van der Waals surface area contributed by atoms with E-state index in [0.717, 1.165) is 26.9 Å². The molecule has 9 heteroatoms. The summed E-state index contributed by atoms with van der Waals surface area (Å²) in [4.78, 5) is 30.8. The van der Waals surface area contributed by atoms with Crippen LogP contribution in [0, 0.1) is 6.92 Å². The fourth-order valence-corrected chi connectivity index (χ4v) is 4.76. The Morgan fingerprint density at radius 3 is 2.51 bits per heavy atom. The first-order valence-corrected chi connectivity index (χ1v) is 14.3. The topological polar surface area (TPSA) is 92.0 Å². The third kappa shape index (κ3) is 7.03. The normalized spacial score (nSPS) is 11.5. The van der Waals surface area contributed by atoms with Gasteiger partial charge in [-0.3, -0.25) is 4.79 Å². The third-order valence-electron chi connectivity index (χ3n) is 6.27. The van der Waals surface area contributed by atoms with E-state index in [-0.39, 0.29) is 24.2 Å². The SMILES string of the molecule is CCOc1cc(C)c(-c2nc3ccccc3c(=O)n2N=Cc2cc(Br)ccc2OCC(=O)OC(C)C)cc1C(C)C. The molecule has 0 bridgehead atoms. The number of carbonyl (C=O) groups excluding carboxylic acids is 1. The first-order valence-electron chi connectivity index (χ1n) is 13.5. The molecule has 0 atom stereocenters. The van der Waals surface area contributed by atoms with Crippen LogP contribution in [0.4, 0.5) is 0 Å². The highest BCUT2D eigenvalue weighted by atomic mass is 79.9. The summed E-state index contributed by atoms with van der Waals surface area (Å²) in [5, 5.41) is 5.07. The predicted molar refractivity (Wildman–Crippen MR) is 165 cm³/mol. The first kappa shape index (κ1) is 30.0. The van der Waals surface area contributed by atoms with Crippen LogP contribution in [-0.4, -0.2) is 41.2 Å². The molecule has 4 aromatic rings. The van der Waals surface area contributed by atoms with E-state index < -0.39 is 5.97 Å². The molecule has 0 fully saturated rings. The zero-order valence-corrected chi connectivity index (χ0v) is 25.7. The van der Waals surface area contributed by atoms with E-state index in [1.54, 1.807) is 44.2 Å². The van der Waals surface area contributed by atoms with Crippen LogP contribution in [0.1, 0.15) is 57.2 Å². The molecular formula is C32H34BrN3O5. The van der Waals surface area contributed by atoms with Gasteiger partial charge in [0.05, 0.1) is 29.8 Å². The third-order valence-corrected chi connectivity index (χ3v) is 6.76. The Balaban J connectivity index is 1.86. The summed E-state index contributed by atoms with van der Waals surface area (Å²) in [6.45, 7) is 12.0.